The molecule has 0 radical (unpaired) electrons. The van der Waals surface area contributed by atoms with E-state index >= 15 is 0 Å². The normalized spacial score (nSPS) is 10.0. The van der Waals surface area contributed by atoms with Crippen LogP contribution >= 0.6 is 11.8 Å². The molecule has 1 aromatic heterocycles. The van der Waals surface area contributed by atoms with Crippen LogP contribution in [0.1, 0.15) is 23.8 Å². The second kappa shape index (κ2) is 7.95. The molecule has 1 amide bonds. The van der Waals surface area contributed by atoms with Crippen LogP contribution in [0.5, 0.6) is 0 Å². The van der Waals surface area contributed by atoms with Gasteiger partial charge in [-0.05, 0) is 37.5 Å². The van der Waals surface area contributed by atoms with Gasteiger partial charge in [0.2, 0.25) is 0 Å². The molecule has 2 N–H and O–H groups in total. The SMILES string of the molecule is CCNc1ccnc(C(=O)NCCCSC)c1. The van der Waals surface area contributed by atoms with Crippen LogP contribution in [0, 0.1) is 0 Å². The number of pyridine rings is 1. The van der Waals surface area contributed by atoms with E-state index in [2.05, 4.69) is 21.9 Å². The fourth-order valence-corrected chi connectivity index (χ4v) is 1.81. The van der Waals surface area contributed by atoms with Crippen LogP contribution in [0.4, 0.5) is 5.69 Å². The van der Waals surface area contributed by atoms with Gasteiger partial charge in [0.05, 0.1) is 0 Å². The van der Waals surface area contributed by atoms with E-state index in [-0.39, 0.29) is 5.91 Å². The first-order valence-electron chi connectivity index (χ1n) is 5.75. The summed E-state index contributed by atoms with van der Waals surface area (Å²) in [6, 6.07) is 3.63. The predicted molar refractivity (Wildman–Crippen MR) is 73.7 cm³/mol. The maximum absolute atomic E-state index is 11.8. The van der Waals surface area contributed by atoms with Crippen LogP contribution in [0.15, 0.2) is 18.3 Å². The molecule has 1 aromatic rings. The smallest absolute Gasteiger partial charge is 0.269 e. The summed E-state index contributed by atoms with van der Waals surface area (Å²) >= 11 is 1.78. The largest absolute Gasteiger partial charge is 0.385 e. The first kappa shape index (κ1) is 13.8. The van der Waals surface area contributed by atoms with Crippen LogP contribution in [0.3, 0.4) is 0 Å². The van der Waals surface area contributed by atoms with Crippen molar-refractivity contribution in [2.45, 2.75) is 13.3 Å². The highest BCUT2D eigenvalue weighted by Gasteiger charge is 2.06. The lowest BCUT2D eigenvalue weighted by Crippen LogP contribution is -2.25. The molecule has 4 nitrogen and oxygen atoms in total. The van der Waals surface area contributed by atoms with Gasteiger partial charge in [-0.1, -0.05) is 0 Å². The van der Waals surface area contributed by atoms with Gasteiger partial charge in [-0.25, -0.2) is 0 Å². The summed E-state index contributed by atoms with van der Waals surface area (Å²) in [6.45, 7) is 3.55. The third kappa shape index (κ3) is 5.08. The molecule has 0 aliphatic rings. The zero-order chi connectivity index (χ0) is 12.5. The summed E-state index contributed by atoms with van der Waals surface area (Å²) in [5.74, 6) is 0.955. The van der Waals surface area contributed by atoms with Crippen molar-refractivity contribution < 1.29 is 4.79 Å². The van der Waals surface area contributed by atoms with E-state index in [1.807, 2.05) is 13.0 Å². The molecule has 1 rings (SSSR count). The Bertz CT molecular complexity index is 357. The third-order valence-corrected chi connectivity index (χ3v) is 2.88. The monoisotopic (exact) mass is 253 g/mol. The predicted octanol–water partition coefficient (Wildman–Crippen LogP) is 2.00. The Hall–Kier alpha value is -1.23. The van der Waals surface area contributed by atoms with E-state index in [0.717, 1.165) is 24.4 Å². The maximum Gasteiger partial charge on any atom is 0.269 e. The topological polar surface area (TPSA) is 54.0 Å². The molecule has 1 heterocycles. The Balaban J connectivity index is 2.47. The van der Waals surface area contributed by atoms with Crippen LogP contribution in [-0.2, 0) is 0 Å². The number of hydrogen-bond donors (Lipinski definition) is 2. The summed E-state index contributed by atoms with van der Waals surface area (Å²) in [6.07, 6.45) is 4.69. The molecule has 0 spiro atoms. The highest BCUT2D eigenvalue weighted by Crippen LogP contribution is 2.07. The standard InChI is InChI=1S/C12H19N3OS/c1-3-13-10-5-7-14-11(9-10)12(16)15-6-4-8-17-2/h5,7,9H,3-4,6,8H2,1-2H3,(H,13,14)(H,15,16). The molecule has 0 bridgehead atoms. The second-order valence-electron chi connectivity index (χ2n) is 3.56. The number of hydrogen-bond acceptors (Lipinski definition) is 4. The Morgan fingerprint density at radius 1 is 1.53 bits per heavy atom. The second-order valence-corrected chi connectivity index (χ2v) is 4.55. The van der Waals surface area contributed by atoms with Gasteiger partial charge in [-0.15, -0.1) is 0 Å². The molecule has 94 valence electrons. The van der Waals surface area contributed by atoms with E-state index in [4.69, 9.17) is 0 Å². The van der Waals surface area contributed by atoms with Crippen molar-refractivity contribution in [1.29, 1.82) is 0 Å². The fourth-order valence-electron chi connectivity index (χ4n) is 1.38. The molecule has 17 heavy (non-hydrogen) atoms. The highest BCUT2D eigenvalue weighted by atomic mass is 32.2. The van der Waals surface area contributed by atoms with Crippen LogP contribution < -0.4 is 10.6 Å². The molecule has 0 saturated heterocycles. The summed E-state index contributed by atoms with van der Waals surface area (Å²) in [5.41, 5.74) is 1.39. The Labute approximate surface area is 107 Å². The number of carbonyl (C=O) groups excluding carboxylic acids is 1. The molecule has 0 aliphatic heterocycles. The Morgan fingerprint density at radius 3 is 3.06 bits per heavy atom. The van der Waals surface area contributed by atoms with E-state index in [9.17, 15) is 4.79 Å². The molecule has 0 atom stereocenters. The number of rotatable bonds is 7. The molecule has 0 fully saturated rings. The lowest BCUT2D eigenvalue weighted by molar-refractivity contribution is 0.0949. The Kier molecular flexibility index (Phi) is 6.47. The van der Waals surface area contributed by atoms with Crippen molar-refractivity contribution in [3.05, 3.63) is 24.0 Å². The van der Waals surface area contributed by atoms with Gasteiger partial charge in [0.15, 0.2) is 0 Å². The minimum Gasteiger partial charge on any atom is -0.385 e. The van der Waals surface area contributed by atoms with Gasteiger partial charge in [0, 0.05) is 25.0 Å². The van der Waals surface area contributed by atoms with Crippen molar-refractivity contribution in [2.75, 3.05) is 30.4 Å². The van der Waals surface area contributed by atoms with Gasteiger partial charge in [-0.2, -0.15) is 11.8 Å². The summed E-state index contributed by atoms with van der Waals surface area (Å²) in [4.78, 5) is 15.8. The number of amides is 1. The lowest BCUT2D eigenvalue weighted by Gasteiger charge is -2.06. The van der Waals surface area contributed by atoms with Gasteiger partial charge in [0.1, 0.15) is 5.69 Å². The molecule has 0 aliphatic carbocycles. The van der Waals surface area contributed by atoms with Crippen molar-refractivity contribution in [2.24, 2.45) is 0 Å². The number of aromatic nitrogens is 1. The van der Waals surface area contributed by atoms with Crippen LogP contribution in [0.2, 0.25) is 0 Å². The van der Waals surface area contributed by atoms with Crippen molar-refractivity contribution in [1.82, 2.24) is 10.3 Å². The molecule has 0 aromatic carbocycles. The zero-order valence-corrected chi connectivity index (χ0v) is 11.1. The van der Waals surface area contributed by atoms with Crippen LogP contribution in [-0.4, -0.2) is 36.0 Å². The maximum atomic E-state index is 11.8. The van der Waals surface area contributed by atoms with Gasteiger partial charge in [0.25, 0.3) is 5.91 Å². The summed E-state index contributed by atoms with van der Waals surface area (Å²) in [7, 11) is 0. The zero-order valence-electron chi connectivity index (χ0n) is 10.3. The fraction of sp³-hybridized carbons (Fsp3) is 0.500. The lowest BCUT2D eigenvalue weighted by atomic mass is 10.3. The summed E-state index contributed by atoms with van der Waals surface area (Å²) in [5, 5.41) is 6.02. The van der Waals surface area contributed by atoms with E-state index < -0.39 is 0 Å². The van der Waals surface area contributed by atoms with E-state index in [1.165, 1.54) is 0 Å². The minimum absolute atomic E-state index is 0.106. The van der Waals surface area contributed by atoms with Gasteiger partial charge < -0.3 is 10.6 Å². The number of nitrogens with zero attached hydrogens (tertiary/aromatic N) is 1. The molecular weight excluding hydrogens is 234 g/mol. The van der Waals surface area contributed by atoms with Crippen LogP contribution in [0.25, 0.3) is 0 Å². The molecule has 0 saturated carbocycles. The quantitative estimate of drug-likeness (QED) is 0.730. The van der Waals surface area contributed by atoms with Crippen molar-refractivity contribution >= 4 is 23.4 Å². The van der Waals surface area contributed by atoms with Crippen molar-refractivity contribution in [3.8, 4) is 0 Å². The first-order valence-corrected chi connectivity index (χ1v) is 7.14. The minimum atomic E-state index is -0.106. The number of nitrogens with one attached hydrogen (secondary N) is 2. The molecular formula is C12H19N3OS. The van der Waals surface area contributed by atoms with Gasteiger partial charge in [-0.3, -0.25) is 9.78 Å². The van der Waals surface area contributed by atoms with Gasteiger partial charge >= 0.3 is 0 Å². The number of anilines is 1. The number of carbonyl (C=O) groups is 1. The average molecular weight is 253 g/mol. The highest BCUT2D eigenvalue weighted by molar-refractivity contribution is 7.98. The van der Waals surface area contributed by atoms with Crippen molar-refractivity contribution in [3.63, 3.8) is 0 Å². The van der Waals surface area contributed by atoms with E-state index in [1.54, 1.807) is 24.0 Å². The molecule has 5 heteroatoms. The third-order valence-electron chi connectivity index (χ3n) is 2.18. The summed E-state index contributed by atoms with van der Waals surface area (Å²) < 4.78 is 0. The molecule has 0 unspecified atom stereocenters. The van der Waals surface area contributed by atoms with E-state index in [0.29, 0.717) is 12.2 Å². The Morgan fingerprint density at radius 2 is 2.35 bits per heavy atom. The first-order chi connectivity index (χ1) is 8.27. The number of thioether (sulfide) groups is 1. The average Bonchev–Trinajstić information content (AvgIpc) is 2.35.